The molecule has 1 aliphatic rings. The van der Waals surface area contributed by atoms with E-state index in [0.29, 0.717) is 17.0 Å². The molecule has 0 radical (unpaired) electrons. The molecule has 0 fully saturated rings. The molecule has 0 saturated carbocycles. The van der Waals surface area contributed by atoms with Crippen LogP contribution < -0.4 is 10.5 Å². The Kier molecular flexibility index (Phi) is 6.37. The molecule has 3 aromatic rings. The first-order valence-electron chi connectivity index (χ1n) is 9.93. The van der Waals surface area contributed by atoms with Gasteiger partial charge in [0.15, 0.2) is 23.3 Å². The first-order chi connectivity index (χ1) is 15.2. The van der Waals surface area contributed by atoms with E-state index in [4.69, 9.17) is 9.88 Å². The molecule has 3 atom stereocenters. The summed E-state index contributed by atoms with van der Waals surface area (Å²) in [5, 5.41) is 27.2. The standard InChI is InChI=1S/C19H24N6O6S/c1-11(31-15(19(26)27)8-30-32(20,28)29)25-10-23-16-17(21-9-22-18(16)25)24-14-7-6-12-4-2-3-5-13(12)14/h2-5,9-11,14-15,19,26-27H,6-8H2,1H3,(H2,20,28,29)(H,21,22,24)/t11-,14+,15-/m1/s1. The fourth-order valence-electron chi connectivity index (χ4n) is 3.77. The highest BCUT2D eigenvalue weighted by Gasteiger charge is 2.26. The molecule has 1 aliphatic carbocycles. The lowest BCUT2D eigenvalue weighted by atomic mass is 10.1. The van der Waals surface area contributed by atoms with Crippen LogP contribution in [0.15, 0.2) is 36.9 Å². The fourth-order valence-corrected chi connectivity index (χ4v) is 4.10. The number of aliphatic hydroxyl groups is 2. The van der Waals surface area contributed by atoms with Crippen LogP contribution in [0.4, 0.5) is 5.82 Å². The molecule has 12 nitrogen and oxygen atoms in total. The monoisotopic (exact) mass is 464 g/mol. The molecular weight excluding hydrogens is 440 g/mol. The van der Waals surface area contributed by atoms with Gasteiger partial charge in [0.1, 0.15) is 18.7 Å². The van der Waals surface area contributed by atoms with Crippen molar-refractivity contribution in [3.63, 3.8) is 0 Å². The van der Waals surface area contributed by atoms with Crippen LogP contribution in [0.25, 0.3) is 11.2 Å². The number of fused-ring (bicyclic) bond motifs is 2. The number of ether oxygens (including phenoxy) is 1. The van der Waals surface area contributed by atoms with E-state index in [2.05, 4.69) is 36.6 Å². The highest BCUT2D eigenvalue weighted by atomic mass is 32.2. The quantitative estimate of drug-likeness (QED) is 0.324. The van der Waals surface area contributed by atoms with Gasteiger partial charge in [-0.3, -0.25) is 8.75 Å². The number of aliphatic hydroxyl groups excluding tert-OH is 1. The highest BCUT2D eigenvalue weighted by Crippen LogP contribution is 2.34. The largest absolute Gasteiger partial charge is 0.366 e. The maximum absolute atomic E-state index is 11.0. The Morgan fingerprint density at radius 2 is 2.06 bits per heavy atom. The number of aromatic nitrogens is 4. The number of imidazole rings is 1. The van der Waals surface area contributed by atoms with Crippen LogP contribution in [0.2, 0.25) is 0 Å². The molecule has 2 aromatic heterocycles. The van der Waals surface area contributed by atoms with E-state index < -0.39 is 35.5 Å². The van der Waals surface area contributed by atoms with Gasteiger partial charge >= 0.3 is 10.3 Å². The maximum atomic E-state index is 11.0. The van der Waals surface area contributed by atoms with Crippen molar-refractivity contribution in [1.82, 2.24) is 19.5 Å². The number of hydrogen-bond donors (Lipinski definition) is 4. The Morgan fingerprint density at radius 3 is 2.81 bits per heavy atom. The number of benzene rings is 1. The summed E-state index contributed by atoms with van der Waals surface area (Å²) in [5.74, 6) is 0.568. The zero-order valence-electron chi connectivity index (χ0n) is 17.2. The molecule has 4 rings (SSSR count). The van der Waals surface area contributed by atoms with E-state index in [1.54, 1.807) is 11.5 Å². The summed E-state index contributed by atoms with van der Waals surface area (Å²) in [6.45, 7) is 0.951. The summed E-state index contributed by atoms with van der Waals surface area (Å²) in [4.78, 5) is 13.0. The third-order valence-electron chi connectivity index (χ3n) is 5.30. The van der Waals surface area contributed by atoms with E-state index in [1.165, 1.54) is 23.8 Å². The van der Waals surface area contributed by atoms with Gasteiger partial charge in [-0.05, 0) is 30.9 Å². The smallest absolute Gasteiger partial charge is 0.333 e. The Balaban J connectivity index is 1.53. The number of hydrogen-bond acceptors (Lipinski definition) is 10. The molecule has 0 bridgehead atoms. The molecule has 0 amide bonds. The lowest BCUT2D eigenvalue weighted by Crippen LogP contribution is -2.36. The van der Waals surface area contributed by atoms with Crippen LogP contribution in [0.5, 0.6) is 0 Å². The zero-order chi connectivity index (χ0) is 22.9. The van der Waals surface area contributed by atoms with Crippen molar-refractivity contribution >= 4 is 27.3 Å². The molecular formula is C19H24N6O6S. The molecule has 32 heavy (non-hydrogen) atoms. The second kappa shape index (κ2) is 9.05. The van der Waals surface area contributed by atoms with Crippen molar-refractivity contribution in [2.75, 3.05) is 11.9 Å². The average molecular weight is 465 g/mol. The minimum absolute atomic E-state index is 0.104. The highest BCUT2D eigenvalue weighted by molar-refractivity contribution is 7.84. The van der Waals surface area contributed by atoms with Crippen molar-refractivity contribution in [2.24, 2.45) is 5.14 Å². The van der Waals surface area contributed by atoms with Crippen molar-refractivity contribution in [1.29, 1.82) is 0 Å². The summed E-state index contributed by atoms with van der Waals surface area (Å²) in [6.07, 6.45) is 0.639. The van der Waals surface area contributed by atoms with Crippen molar-refractivity contribution in [3.05, 3.63) is 48.0 Å². The lowest BCUT2D eigenvalue weighted by molar-refractivity contribution is -0.183. The minimum Gasteiger partial charge on any atom is -0.366 e. The van der Waals surface area contributed by atoms with Gasteiger partial charge in [-0.15, -0.1) is 0 Å². The predicted molar refractivity (Wildman–Crippen MR) is 113 cm³/mol. The van der Waals surface area contributed by atoms with Gasteiger partial charge in [-0.2, -0.15) is 8.42 Å². The van der Waals surface area contributed by atoms with Gasteiger partial charge in [0.25, 0.3) is 0 Å². The van der Waals surface area contributed by atoms with E-state index in [-0.39, 0.29) is 6.04 Å². The molecule has 0 spiro atoms. The van der Waals surface area contributed by atoms with Gasteiger partial charge < -0.3 is 20.3 Å². The van der Waals surface area contributed by atoms with Gasteiger partial charge in [0.05, 0.1) is 19.0 Å². The molecule has 0 unspecified atom stereocenters. The first kappa shape index (κ1) is 22.5. The van der Waals surface area contributed by atoms with E-state index in [0.717, 1.165) is 12.8 Å². The molecule has 2 heterocycles. The zero-order valence-corrected chi connectivity index (χ0v) is 18.0. The summed E-state index contributed by atoms with van der Waals surface area (Å²) in [7, 11) is -4.27. The Hall–Kier alpha value is -2.68. The molecule has 5 N–H and O–H groups in total. The summed E-state index contributed by atoms with van der Waals surface area (Å²) < 4.78 is 33.6. The summed E-state index contributed by atoms with van der Waals surface area (Å²) >= 11 is 0. The Morgan fingerprint density at radius 1 is 1.28 bits per heavy atom. The van der Waals surface area contributed by atoms with Gasteiger partial charge in [-0.1, -0.05) is 24.3 Å². The van der Waals surface area contributed by atoms with Crippen LogP contribution >= 0.6 is 0 Å². The predicted octanol–water partition coefficient (Wildman–Crippen LogP) is 0.360. The molecule has 172 valence electrons. The molecule has 0 aliphatic heterocycles. The van der Waals surface area contributed by atoms with E-state index >= 15 is 0 Å². The number of nitrogens with one attached hydrogen (secondary N) is 1. The lowest BCUT2D eigenvalue weighted by Gasteiger charge is -2.24. The Labute approximate surface area is 184 Å². The Bertz CT molecular complexity index is 1200. The summed E-state index contributed by atoms with van der Waals surface area (Å²) in [5.41, 5.74) is 3.51. The van der Waals surface area contributed by atoms with Crippen LogP contribution in [0.3, 0.4) is 0 Å². The first-order valence-corrected chi connectivity index (χ1v) is 11.4. The normalized spacial score (nSPS) is 18.1. The number of nitrogens with zero attached hydrogens (tertiary/aromatic N) is 4. The third kappa shape index (κ3) is 4.87. The molecule has 1 aromatic carbocycles. The van der Waals surface area contributed by atoms with Crippen LogP contribution in [0.1, 0.15) is 36.7 Å². The molecule has 13 heteroatoms. The fraction of sp³-hybridized carbons (Fsp3) is 0.421. The number of rotatable bonds is 9. The topological polar surface area (TPSA) is 175 Å². The minimum atomic E-state index is -4.27. The van der Waals surface area contributed by atoms with Gasteiger partial charge in [0.2, 0.25) is 0 Å². The maximum Gasteiger partial charge on any atom is 0.333 e. The van der Waals surface area contributed by atoms with Crippen LogP contribution in [-0.4, -0.2) is 57.2 Å². The van der Waals surface area contributed by atoms with Crippen molar-refractivity contribution in [3.8, 4) is 0 Å². The van der Waals surface area contributed by atoms with E-state index in [9.17, 15) is 18.6 Å². The van der Waals surface area contributed by atoms with Gasteiger partial charge in [0, 0.05) is 0 Å². The van der Waals surface area contributed by atoms with Crippen LogP contribution in [0, 0.1) is 0 Å². The van der Waals surface area contributed by atoms with Gasteiger partial charge in [-0.25, -0.2) is 20.1 Å². The second-order valence-corrected chi connectivity index (χ2v) is 8.67. The van der Waals surface area contributed by atoms with Crippen molar-refractivity contribution < 1.29 is 27.6 Å². The second-order valence-electron chi connectivity index (χ2n) is 7.45. The number of aryl methyl sites for hydroxylation is 1. The van der Waals surface area contributed by atoms with E-state index in [1.807, 2.05) is 12.1 Å². The molecule has 0 saturated heterocycles. The number of nitrogens with two attached hydrogens (primary N) is 1. The number of anilines is 1. The van der Waals surface area contributed by atoms with Crippen molar-refractivity contribution in [2.45, 2.75) is 44.4 Å². The van der Waals surface area contributed by atoms with Crippen LogP contribution in [-0.2, 0) is 25.6 Å². The third-order valence-corrected chi connectivity index (χ3v) is 5.76. The summed E-state index contributed by atoms with van der Waals surface area (Å²) in [6, 6.07) is 8.35. The average Bonchev–Trinajstić information content (AvgIpc) is 3.35. The SMILES string of the molecule is C[C@@H](O[C@H](COS(N)(=O)=O)C(O)O)n1cnc2c(N[C@H]3CCc4ccccc43)ncnc21.